The van der Waals surface area contributed by atoms with Crippen molar-refractivity contribution >= 4 is 64.8 Å². The number of carbonyl (C=O) groups is 9. The first kappa shape index (κ1) is 127. The van der Waals surface area contributed by atoms with Gasteiger partial charge < -0.3 is 52.8 Å². The van der Waals surface area contributed by atoms with Crippen LogP contribution in [0.2, 0.25) is 5.02 Å². The van der Waals surface area contributed by atoms with Crippen LogP contribution in [0.4, 0.5) is 0 Å². The lowest BCUT2D eigenvalue weighted by molar-refractivity contribution is -0.127. The number of piperidine rings is 1. The van der Waals surface area contributed by atoms with Gasteiger partial charge in [0.1, 0.15) is 0 Å². The van der Waals surface area contributed by atoms with Gasteiger partial charge in [0.2, 0.25) is 41.4 Å². The van der Waals surface area contributed by atoms with Crippen LogP contribution in [-0.4, -0.2) is 133 Å². The van der Waals surface area contributed by atoms with Gasteiger partial charge in [-0.3, -0.25) is 43.2 Å². The average Bonchev–Trinajstić information content (AvgIpc) is 1.21. The Morgan fingerprint density at radius 3 is 0.853 bits per heavy atom. The van der Waals surface area contributed by atoms with Gasteiger partial charge in [-0.1, -0.05) is 192 Å². The van der Waals surface area contributed by atoms with Gasteiger partial charge in [0.05, 0.1) is 6.42 Å². The van der Waals surface area contributed by atoms with E-state index in [4.69, 9.17) is 11.6 Å². The number of rotatable bonds is 19. The second-order valence-electron chi connectivity index (χ2n) is 32.8. The number of carbonyl (C=O) groups excluding carboxylic acids is 9. The molecule has 9 amide bonds. The molecule has 1 saturated heterocycles. The van der Waals surface area contributed by atoms with Gasteiger partial charge in [0.15, 0.2) is 0 Å². The van der Waals surface area contributed by atoms with Gasteiger partial charge in [0.25, 0.3) is 11.8 Å². The highest BCUT2D eigenvalue weighted by atomic mass is 35.5. The van der Waals surface area contributed by atoms with Gasteiger partial charge in [-0.2, -0.15) is 0 Å². The zero-order chi connectivity index (χ0) is 81.8. The highest BCUT2D eigenvalue weighted by molar-refractivity contribution is 6.30. The fourth-order valence-electron chi connectivity index (χ4n) is 12.2. The standard InChI is InChI=1S/C11H21NO.C11H15NO.C10H12ClNO.C10H20N2O.2C10H19NO.C10H13NO.C9H17NO.C7H15NO.8CH4/c1-8(2)12-11(13)10-6-4-9(3)5-7-10;1-9(2)12-11(13)8-10-6-4-3-5-7-10;1-7(2)12-10(13)8-3-5-9(11)6-4-8;1-8(2)11-10(13)9-4-6-12(3)7-5-9;3*1-8(2)11-10(12)9-6-4-3-5-7-9;1-7(2)10-9(11)8-5-3-4-6-8;1-5(2)7(9)8-6(3)4;;;;;;;;/h8-10H,4-7H2,1-3H3,(H,12,13);3-7,9H,8H2,1-2H3,(H,12,13);3-7H,1-2H3,(H,12,13);8-9H,4-7H2,1-3H3,(H,11,13);2*8-9H,3-7H2,1-2H3,(H,11,12);3-8H,1-2H3,(H,11,12);7-8H,3-6H2,1-2H3,(H,10,11);5-6H,1-4H3,(H,8,9);8*1H4. The van der Waals surface area contributed by atoms with Gasteiger partial charge in [-0.05, 0) is 270 Å². The molecule has 0 unspecified atom stereocenters. The molecule has 0 bridgehead atoms. The van der Waals surface area contributed by atoms with Crippen LogP contribution in [0.25, 0.3) is 0 Å². The summed E-state index contributed by atoms with van der Waals surface area (Å²) < 4.78 is 0. The molecule has 4 saturated carbocycles. The van der Waals surface area contributed by atoms with Crippen molar-refractivity contribution in [3.63, 3.8) is 0 Å². The molecule has 4 aliphatic carbocycles. The first-order chi connectivity index (χ1) is 50.8. The second-order valence-corrected chi connectivity index (χ2v) is 33.3. The van der Waals surface area contributed by atoms with Crippen LogP contribution in [0.15, 0.2) is 84.9 Å². The number of hydrogen-bond donors (Lipinski definition) is 9. The number of halogens is 1. The molecule has 116 heavy (non-hydrogen) atoms. The van der Waals surface area contributed by atoms with E-state index >= 15 is 0 Å². The minimum Gasteiger partial charge on any atom is -0.354 e. The fourth-order valence-corrected chi connectivity index (χ4v) is 12.3. The molecule has 9 N–H and O–H groups in total. The molecule has 19 nitrogen and oxygen atoms in total. The minimum absolute atomic E-state index is 0. The molecule has 0 spiro atoms. The second kappa shape index (κ2) is 74.4. The fraction of sp³-hybridized carbons (Fsp3) is 0.719. The van der Waals surface area contributed by atoms with Gasteiger partial charge in [-0.15, -0.1) is 0 Å². The van der Waals surface area contributed by atoms with Crippen molar-refractivity contribution in [2.45, 2.75) is 394 Å². The number of nitrogens with one attached hydrogen (secondary N) is 9. The smallest absolute Gasteiger partial charge is 0.251 e. The number of hydrogen-bond acceptors (Lipinski definition) is 10. The summed E-state index contributed by atoms with van der Waals surface area (Å²) in [6.07, 6.45) is 23.7. The van der Waals surface area contributed by atoms with Gasteiger partial charge in [-0.25, -0.2) is 0 Å². The van der Waals surface area contributed by atoms with Crippen LogP contribution in [0.5, 0.6) is 0 Å². The maximum Gasteiger partial charge on any atom is 0.251 e. The molecule has 0 radical (unpaired) electrons. The largest absolute Gasteiger partial charge is 0.354 e. The molecule has 1 heterocycles. The van der Waals surface area contributed by atoms with Crippen LogP contribution >= 0.6 is 11.6 Å². The van der Waals surface area contributed by atoms with Gasteiger partial charge >= 0.3 is 0 Å². The third-order valence-corrected chi connectivity index (χ3v) is 18.2. The van der Waals surface area contributed by atoms with Crippen molar-refractivity contribution in [2.24, 2.45) is 41.4 Å². The summed E-state index contributed by atoms with van der Waals surface area (Å²) in [4.78, 5) is 105. The molecule has 1 aliphatic heterocycles. The van der Waals surface area contributed by atoms with Crippen molar-refractivity contribution < 1.29 is 43.2 Å². The highest BCUT2D eigenvalue weighted by Gasteiger charge is 2.27. The first-order valence-corrected chi connectivity index (χ1v) is 41.4. The third kappa shape index (κ3) is 67.1. The first-order valence-electron chi connectivity index (χ1n) is 41.1. The van der Waals surface area contributed by atoms with E-state index in [9.17, 15) is 43.2 Å². The van der Waals surface area contributed by atoms with E-state index < -0.39 is 0 Å². The van der Waals surface area contributed by atoms with Crippen molar-refractivity contribution in [2.75, 3.05) is 20.1 Å². The SMILES string of the molecule is C.C.C.C.C.C.C.C.CC(C)NC(=O)C(C)C.CC(C)NC(=O)C1CCCC1.CC(C)NC(=O)C1CCCCC1.CC(C)NC(=O)C1CCCCC1.CC(C)NC(=O)C1CCN(C)CC1.CC(C)NC(=O)Cc1ccccc1.CC(C)NC(=O)c1ccc(Cl)cc1.CC(C)NC(=O)c1ccccc1.CC1CCC(C(=O)NC(C)C)CC1. The Labute approximate surface area is 719 Å². The summed E-state index contributed by atoms with van der Waals surface area (Å²) in [5, 5.41) is 26.8. The Kier molecular flexibility index (Phi) is 81.7. The van der Waals surface area contributed by atoms with Crippen LogP contribution in [0.1, 0.15) is 360 Å². The topological polar surface area (TPSA) is 265 Å². The van der Waals surface area contributed by atoms with E-state index in [0.717, 1.165) is 88.8 Å². The average molecular weight is 1660 g/mol. The lowest BCUT2D eigenvalue weighted by atomic mass is 9.82. The van der Waals surface area contributed by atoms with E-state index in [1.807, 2.05) is 187 Å². The molecule has 8 rings (SSSR count). The van der Waals surface area contributed by atoms with Crippen molar-refractivity contribution in [1.82, 2.24) is 52.8 Å². The Hall–Kier alpha value is -6.86. The van der Waals surface area contributed by atoms with Crippen molar-refractivity contribution in [3.05, 3.63) is 107 Å². The Balaban J connectivity index is -0.000000158. The van der Waals surface area contributed by atoms with Crippen LogP contribution < -0.4 is 47.9 Å². The maximum atomic E-state index is 11.6. The highest BCUT2D eigenvalue weighted by Crippen LogP contribution is 2.29. The molecular weight excluding hydrogens is 1470 g/mol. The Bertz CT molecular complexity index is 2830. The summed E-state index contributed by atoms with van der Waals surface area (Å²) in [6.45, 7) is 43.9. The number of amides is 9. The summed E-state index contributed by atoms with van der Waals surface area (Å²) >= 11 is 5.69. The van der Waals surface area contributed by atoms with E-state index in [1.54, 1.807) is 36.4 Å². The molecule has 678 valence electrons. The molecule has 5 aliphatic rings. The quantitative estimate of drug-likeness (QED) is 0.0548. The van der Waals surface area contributed by atoms with Crippen LogP contribution in [0, 0.1) is 41.4 Å². The lowest BCUT2D eigenvalue weighted by Gasteiger charge is -2.28. The Morgan fingerprint density at radius 1 is 0.319 bits per heavy atom. The summed E-state index contributed by atoms with van der Waals surface area (Å²) in [5.74, 6) is 3.84. The summed E-state index contributed by atoms with van der Waals surface area (Å²) in [7, 11) is 2.11. The number of nitrogens with zero attached hydrogens (tertiary/aromatic N) is 1. The van der Waals surface area contributed by atoms with Gasteiger partial charge in [0, 0.05) is 106 Å². The minimum atomic E-state index is -0.0633. The molecule has 0 atom stereocenters. The monoisotopic (exact) mass is 1660 g/mol. The normalized spacial score (nSPS) is 15.5. The summed E-state index contributed by atoms with van der Waals surface area (Å²) in [6, 6.07) is 28.1. The predicted molar refractivity (Wildman–Crippen MR) is 501 cm³/mol. The zero-order valence-corrected chi connectivity index (χ0v) is 71.8. The maximum absolute atomic E-state index is 11.6. The molecule has 3 aromatic rings. The van der Waals surface area contributed by atoms with E-state index in [1.165, 1.54) is 64.2 Å². The van der Waals surface area contributed by atoms with E-state index in [-0.39, 0.29) is 161 Å². The van der Waals surface area contributed by atoms with Crippen LogP contribution in [0.3, 0.4) is 0 Å². The molecule has 20 heteroatoms. The predicted octanol–water partition coefficient (Wildman–Crippen LogP) is 21.4. The molecule has 5 fully saturated rings. The van der Waals surface area contributed by atoms with Crippen molar-refractivity contribution in [1.29, 1.82) is 0 Å². The van der Waals surface area contributed by atoms with Crippen LogP contribution in [-0.2, 0) is 40.0 Å². The van der Waals surface area contributed by atoms with Crippen molar-refractivity contribution in [3.8, 4) is 0 Å². The Morgan fingerprint density at radius 2 is 0.578 bits per heavy atom. The molecule has 3 aromatic carbocycles. The summed E-state index contributed by atoms with van der Waals surface area (Å²) in [5.41, 5.74) is 2.41. The van der Waals surface area contributed by atoms with E-state index in [2.05, 4.69) is 66.7 Å². The lowest BCUT2D eigenvalue weighted by Crippen LogP contribution is -2.41. The number of likely N-dealkylation sites (tertiary alicyclic amines) is 1. The molecule has 0 aromatic heterocycles. The van der Waals surface area contributed by atoms with E-state index in [0.29, 0.717) is 64.4 Å². The third-order valence-electron chi connectivity index (χ3n) is 17.9. The number of benzene rings is 3. The zero-order valence-electron chi connectivity index (χ0n) is 71.1. The molecular formula is C96H183ClN10O9.